The lowest BCUT2D eigenvalue weighted by Gasteiger charge is -2.12. The topological polar surface area (TPSA) is 17.1 Å². The van der Waals surface area contributed by atoms with Crippen molar-refractivity contribution in [1.82, 2.24) is 0 Å². The van der Waals surface area contributed by atoms with E-state index in [9.17, 15) is 4.79 Å². The molecule has 0 amide bonds. The first kappa shape index (κ1) is 10.4. The van der Waals surface area contributed by atoms with Gasteiger partial charge in [0, 0.05) is 12.3 Å². The molecule has 80 valence electrons. The lowest BCUT2D eigenvalue weighted by atomic mass is 9.91. The molecule has 1 saturated carbocycles. The third kappa shape index (κ3) is 2.92. The quantitative estimate of drug-likeness (QED) is 0.672. The second-order valence-corrected chi connectivity index (χ2v) is 4.45. The van der Waals surface area contributed by atoms with Gasteiger partial charge in [0.25, 0.3) is 0 Å². The summed E-state index contributed by atoms with van der Waals surface area (Å²) in [5.74, 6) is 0.770. The van der Waals surface area contributed by atoms with Gasteiger partial charge in [0.05, 0.1) is 0 Å². The van der Waals surface area contributed by atoms with Crippen molar-refractivity contribution in [2.45, 2.75) is 38.5 Å². The number of hydrogen-bond acceptors (Lipinski definition) is 1. The standard InChI is InChI=1S/C14H18O/c15-14-10-6-2-5-9-13(14)11-12-7-3-1-4-8-12/h1,3-4,7-8,13H,2,5-6,9-11H2/t13-/m1/s1. The molecular formula is C14H18O. The summed E-state index contributed by atoms with van der Waals surface area (Å²) < 4.78 is 0. The van der Waals surface area contributed by atoms with Gasteiger partial charge < -0.3 is 0 Å². The van der Waals surface area contributed by atoms with Gasteiger partial charge in [-0.05, 0) is 24.8 Å². The van der Waals surface area contributed by atoms with Crippen LogP contribution in [0, 0.1) is 5.92 Å². The van der Waals surface area contributed by atoms with E-state index in [2.05, 4.69) is 24.3 Å². The van der Waals surface area contributed by atoms with Crippen molar-refractivity contribution >= 4 is 5.78 Å². The van der Waals surface area contributed by atoms with Gasteiger partial charge in [-0.1, -0.05) is 43.2 Å². The average molecular weight is 202 g/mol. The zero-order valence-corrected chi connectivity index (χ0v) is 9.11. The number of carbonyl (C=O) groups excluding carboxylic acids is 1. The fraction of sp³-hybridized carbons (Fsp3) is 0.500. The van der Waals surface area contributed by atoms with E-state index >= 15 is 0 Å². The number of carbonyl (C=O) groups is 1. The van der Waals surface area contributed by atoms with Crippen molar-refractivity contribution in [3.05, 3.63) is 35.9 Å². The highest BCUT2D eigenvalue weighted by molar-refractivity contribution is 5.81. The Balaban J connectivity index is 2.01. The Labute approximate surface area is 91.5 Å². The van der Waals surface area contributed by atoms with Gasteiger partial charge in [-0.2, -0.15) is 0 Å². The van der Waals surface area contributed by atoms with Crippen molar-refractivity contribution < 1.29 is 4.79 Å². The predicted octanol–water partition coefficient (Wildman–Crippen LogP) is 3.38. The summed E-state index contributed by atoms with van der Waals surface area (Å²) in [4.78, 5) is 11.8. The van der Waals surface area contributed by atoms with Crippen LogP contribution in [-0.4, -0.2) is 5.78 Å². The summed E-state index contributed by atoms with van der Waals surface area (Å²) in [5.41, 5.74) is 1.30. The van der Waals surface area contributed by atoms with Gasteiger partial charge in [-0.3, -0.25) is 4.79 Å². The minimum atomic E-state index is 0.287. The Morgan fingerprint density at radius 1 is 1.07 bits per heavy atom. The van der Waals surface area contributed by atoms with E-state index in [1.807, 2.05) is 6.07 Å². The molecule has 0 bridgehead atoms. The molecule has 0 heterocycles. The number of benzene rings is 1. The van der Waals surface area contributed by atoms with E-state index in [4.69, 9.17) is 0 Å². The summed E-state index contributed by atoms with van der Waals surface area (Å²) in [5, 5.41) is 0. The van der Waals surface area contributed by atoms with Crippen LogP contribution >= 0.6 is 0 Å². The van der Waals surface area contributed by atoms with Gasteiger partial charge in [-0.25, -0.2) is 0 Å². The first-order chi connectivity index (χ1) is 7.36. The Morgan fingerprint density at radius 2 is 1.87 bits per heavy atom. The molecule has 1 fully saturated rings. The summed E-state index contributed by atoms with van der Waals surface area (Å²) in [7, 11) is 0. The molecule has 1 atom stereocenters. The SMILES string of the molecule is O=C1CCCCC[C@@H]1Cc1ccccc1. The monoisotopic (exact) mass is 202 g/mol. The molecule has 15 heavy (non-hydrogen) atoms. The van der Waals surface area contributed by atoms with Crippen molar-refractivity contribution in [3.8, 4) is 0 Å². The third-order valence-electron chi connectivity index (χ3n) is 3.26. The molecule has 1 aromatic carbocycles. The first-order valence-electron chi connectivity index (χ1n) is 5.93. The van der Waals surface area contributed by atoms with Gasteiger partial charge in [0.15, 0.2) is 0 Å². The molecule has 1 aliphatic rings. The number of ketones is 1. The van der Waals surface area contributed by atoms with Crippen molar-refractivity contribution in [2.24, 2.45) is 5.92 Å². The maximum Gasteiger partial charge on any atom is 0.136 e. The molecule has 0 unspecified atom stereocenters. The second-order valence-electron chi connectivity index (χ2n) is 4.45. The van der Waals surface area contributed by atoms with Crippen LogP contribution in [0.25, 0.3) is 0 Å². The molecule has 0 aliphatic heterocycles. The highest BCUT2D eigenvalue weighted by Gasteiger charge is 2.20. The fourth-order valence-corrected chi connectivity index (χ4v) is 2.35. The lowest BCUT2D eigenvalue weighted by Crippen LogP contribution is -2.15. The molecule has 1 heteroatoms. The van der Waals surface area contributed by atoms with Gasteiger partial charge in [-0.15, -0.1) is 0 Å². The van der Waals surface area contributed by atoms with E-state index in [-0.39, 0.29) is 5.92 Å². The van der Waals surface area contributed by atoms with Crippen LogP contribution in [0.4, 0.5) is 0 Å². The second kappa shape index (κ2) is 5.11. The molecule has 0 N–H and O–H groups in total. The van der Waals surface area contributed by atoms with Gasteiger partial charge in [0.1, 0.15) is 5.78 Å². The Morgan fingerprint density at radius 3 is 2.67 bits per heavy atom. The van der Waals surface area contributed by atoms with Crippen LogP contribution in [-0.2, 0) is 11.2 Å². The number of hydrogen-bond donors (Lipinski definition) is 0. The summed E-state index contributed by atoms with van der Waals surface area (Å²) in [6.07, 6.45) is 6.40. The smallest absolute Gasteiger partial charge is 0.136 e. The summed E-state index contributed by atoms with van der Waals surface area (Å²) in [6, 6.07) is 10.4. The van der Waals surface area contributed by atoms with E-state index in [0.29, 0.717) is 5.78 Å². The molecule has 0 radical (unpaired) electrons. The zero-order valence-electron chi connectivity index (χ0n) is 9.11. The van der Waals surface area contributed by atoms with E-state index in [1.165, 1.54) is 18.4 Å². The molecule has 0 aromatic heterocycles. The highest BCUT2D eigenvalue weighted by atomic mass is 16.1. The molecule has 0 saturated heterocycles. The van der Waals surface area contributed by atoms with E-state index in [0.717, 1.165) is 25.7 Å². The predicted molar refractivity (Wildman–Crippen MR) is 61.7 cm³/mol. The summed E-state index contributed by atoms with van der Waals surface area (Å²) in [6.45, 7) is 0. The number of Topliss-reactive ketones (excluding diaryl/α,β-unsaturated/α-hetero) is 1. The van der Waals surface area contributed by atoms with Crippen LogP contribution in [0.15, 0.2) is 30.3 Å². The number of rotatable bonds is 2. The van der Waals surface area contributed by atoms with Crippen LogP contribution in [0.3, 0.4) is 0 Å². The lowest BCUT2D eigenvalue weighted by molar-refractivity contribution is -0.122. The highest BCUT2D eigenvalue weighted by Crippen LogP contribution is 2.23. The van der Waals surface area contributed by atoms with Gasteiger partial charge >= 0.3 is 0 Å². The molecule has 1 aliphatic carbocycles. The van der Waals surface area contributed by atoms with Crippen LogP contribution in [0.5, 0.6) is 0 Å². The maximum atomic E-state index is 11.8. The zero-order chi connectivity index (χ0) is 10.5. The van der Waals surface area contributed by atoms with E-state index in [1.54, 1.807) is 0 Å². The fourth-order valence-electron chi connectivity index (χ4n) is 2.35. The minimum Gasteiger partial charge on any atom is -0.299 e. The third-order valence-corrected chi connectivity index (χ3v) is 3.26. The van der Waals surface area contributed by atoms with Crippen molar-refractivity contribution in [3.63, 3.8) is 0 Å². The normalized spacial score (nSPS) is 22.4. The molecular weight excluding hydrogens is 184 g/mol. The molecule has 2 rings (SSSR count). The minimum absolute atomic E-state index is 0.287. The Hall–Kier alpha value is -1.11. The molecule has 0 spiro atoms. The van der Waals surface area contributed by atoms with Crippen molar-refractivity contribution in [1.29, 1.82) is 0 Å². The maximum absolute atomic E-state index is 11.8. The van der Waals surface area contributed by atoms with E-state index < -0.39 is 0 Å². The Kier molecular flexibility index (Phi) is 3.54. The van der Waals surface area contributed by atoms with Gasteiger partial charge in [0.2, 0.25) is 0 Å². The largest absolute Gasteiger partial charge is 0.299 e. The molecule has 1 nitrogen and oxygen atoms in total. The van der Waals surface area contributed by atoms with Crippen LogP contribution < -0.4 is 0 Å². The summed E-state index contributed by atoms with van der Waals surface area (Å²) >= 11 is 0. The first-order valence-corrected chi connectivity index (χ1v) is 5.93. The molecule has 1 aromatic rings. The van der Waals surface area contributed by atoms with Crippen molar-refractivity contribution in [2.75, 3.05) is 0 Å². The van der Waals surface area contributed by atoms with Crippen LogP contribution in [0.1, 0.15) is 37.7 Å². The average Bonchev–Trinajstić information content (AvgIpc) is 2.46. The Bertz CT molecular complexity index is 315. The van der Waals surface area contributed by atoms with Crippen LogP contribution in [0.2, 0.25) is 0 Å².